The SMILES string of the molecule is CCOC(=O)c1cnn(-c2nccc(C)c2Cl)c1C. The Morgan fingerprint density at radius 2 is 2.21 bits per heavy atom. The number of ether oxygens (including phenoxy) is 1. The molecule has 100 valence electrons. The third kappa shape index (κ3) is 2.46. The average molecular weight is 280 g/mol. The molecule has 0 saturated heterocycles. The van der Waals surface area contributed by atoms with Gasteiger partial charge in [-0.3, -0.25) is 0 Å². The van der Waals surface area contributed by atoms with Gasteiger partial charge in [-0.05, 0) is 32.4 Å². The van der Waals surface area contributed by atoms with Crippen molar-refractivity contribution in [3.63, 3.8) is 0 Å². The van der Waals surface area contributed by atoms with E-state index in [2.05, 4.69) is 10.1 Å². The van der Waals surface area contributed by atoms with E-state index < -0.39 is 5.97 Å². The predicted molar refractivity (Wildman–Crippen MR) is 71.8 cm³/mol. The molecule has 0 bridgehead atoms. The maximum absolute atomic E-state index is 11.7. The van der Waals surface area contributed by atoms with Crippen molar-refractivity contribution in [2.75, 3.05) is 6.61 Å². The zero-order chi connectivity index (χ0) is 14.0. The Morgan fingerprint density at radius 3 is 2.89 bits per heavy atom. The van der Waals surface area contributed by atoms with Gasteiger partial charge in [0.15, 0.2) is 5.82 Å². The number of carbonyl (C=O) groups excluding carboxylic acids is 1. The minimum Gasteiger partial charge on any atom is -0.462 e. The minimum absolute atomic E-state index is 0.326. The maximum Gasteiger partial charge on any atom is 0.341 e. The molecule has 6 heteroatoms. The highest BCUT2D eigenvalue weighted by atomic mass is 35.5. The van der Waals surface area contributed by atoms with E-state index in [0.717, 1.165) is 5.56 Å². The highest BCUT2D eigenvalue weighted by molar-refractivity contribution is 6.32. The summed E-state index contributed by atoms with van der Waals surface area (Å²) in [5.74, 6) is 0.116. The molecule has 0 N–H and O–H groups in total. The lowest BCUT2D eigenvalue weighted by atomic mass is 10.2. The van der Waals surface area contributed by atoms with Gasteiger partial charge in [0.25, 0.3) is 0 Å². The molecule has 5 nitrogen and oxygen atoms in total. The second-order valence-corrected chi connectivity index (χ2v) is 4.42. The Kier molecular flexibility index (Phi) is 3.85. The summed E-state index contributed by atoms with van der Waals surface area (Å²) in [5.41, 5.74) is 1.97. The zero-order valence-electron chi connectivity index (χ0n) is 11.0. The summed E-state index contributed by atoms with van der Waals surface area (Å²) in [6.45, 7) is 5.75. The summed E-state index contributed by atoms with van der Waals surface area (Å²) in [5, 5.41) is 4.68. The van der Waals surface area contributed by atoms with Crippen molar-refractivity contribution in [3.05, 3.63) is 40.3 Å². The van der Waals surface area contributed by atoms with Crippen molar-refractivity contribution < 1.29 is 9.53 Å². The fraction of sp³-hybridized carbons (Fsp3) is 0.308. The normalized spacial score (nSPS) is 10.5. The van der Waals surface area contributed by atoms with Crippen LogP contribution >= 0.6 is 11.6 Å². The van der Waals surface area contributed by atoms with Crippen LogP contribution in [0.2, 0.25) is 5.02 Å². The lowest BCUT2D eigenvalue weighted by Gasteiger charge is -2.07. The fourth-order valence-electron chi connectivity index (χ4n) is 1.71. The van der Waals surface area contributed by atoms with Crippen LogP contribution in [0.4, 0.5) is 0 Å². The molecule has 0 radical (unpaired) electrons. The maximum atomic E-state index is 11.7. The van der Waals surface area contributed by atoms with E-state index >= 15 is 0 Å². The van der Waals surface area contributed by atoms with Gasteiger partial charge in [0, 0.05) is 6.20 Å². The molecule has 2 aromatic heterocycles. The number of nitrogens with zero attached hydrogens (tertiary/aromatic N) is 3. The first-order chi connectivity index (χ1) is 9.06. The molecule has 0 spiro atoms. The molecule has 0 aliphatic carbocycles. The number of aromatic nitrogens is 3. The van der Waals surface area contributed by atoms with Gasteiger partial charge < -0.3 is 4.74 Å². The van der Waals surface area contributed by atoms with E-state index in [-0.39, 0.29) is 0 Å². The van der Waals surface area contributed by atoms with Crippen LogP contribution in [0, 0.1) is 13.8 Å². The Balaban J connectivity index is 2.48. The van der Waals surface area contributed by atoms with Crippen molar-refractivity contribution in [1.82, 2.24) is 14.8 Å². The van der Waals surface area contributed by atoms with E-state index in [4.69, 9.17) is 16.3 Å². The zero-order valence-corrected chi connectivity index (χ0v) is 11.7. The monoisotopic (exact) mass is 279 g/mol. The van der Waals surface area contributed by atoms with Crippen LogP contribution in [0.1, 0.15) is 28.5 Å². The van der Waals surface area contributed by atoms with Crippen molar-refractivity contribution >= 4 is 17.6 Å². The number of esters is 1. The molecule has 19 heavy (non-hydrogen) atoms. The lowest BCUT2D eigenvalue weighted by molar-refractivity contribution is 0.0525. The van der Waals surface area contributed by atoms with Crippen molar-refractivity contribution in [1.29, 1.82) is 0 Å². The first-order valence-electron chi connectivity index (χ1n) is 5.89. The molecule has 0 aliphatic heterocycles. The molecular formula is C13H14ClN3O2. The number of carbonyl (C=O) groups is 1. The molecule has 0 aromatic carbocycles. The average Bonchev–Trinajstić information content (AvgIpc) is 2.75. The van der Waals surface area contributed by atoms with Gasteiger partial charge in [0.2, 0.25) is 0 Å². The second kappa shape index (κ2) is 5.40. The summed E-state index contributed by atoms with van der Waals surface area (Å²) < 4.78 is 6.51. The van der Waals surface area contributed by atoms with E-state index in [1.165, 1.54) is 6.20 Å². The largest absolute Gasteiger partial charge is 0.462 e. The lowest BCUT2D eigenvalue weighted by Crippen LogP contribution is -2.08. The van der Waals surface area contributed by atoms with E-state index in [9.17, 15) is 4.79 Å². The molecule has 0 aliphatic rings. The third-order valence-electron chi connectivity index (χ3n) is 2.77. The van der Waals surface area contributed by atoms with Gasteiger partial charge in [-0.15, -0.1) is 0 Å². The molecule has 0 atom stereocenters. The molecule has 0 amide bonds. The van der Waals surface area contributed by atoms with Gasteiger partial charge in [-0.2, -0.15) is 5.10 Å². The number of aryl methyl sites for hydroxylation is 1. The molecule has 0 fully saturated rings. The molecular weight excluding hydrogens is 266 g/mol. The summed E-state index contributed by atoms with van der Waals surface area (Å²) in [6.07, 6.45) is 3.12. The summed E-state index contributed by atoms with van der Waals surface area (Å²) in [7, 11) is 0. The van der Waals surface area contributed by atoms with Crippen LogP contribution in [0.5, 0.6) is 0 Å². The van der Waals surface area contributed by atoms with Crippen molar-refractivity contribution in [2.24, 2.45) is 0 Å². The van der Waals surface area contributed by atoms with E-state index in [1.54, 1.807) is 24.7 Å². The van der Waals surface area contributed by atoms with Crippen LogP contribution in [-0.2, 0) is 4.74 Å². The van der Waals surface area contributed by atoms with Gasteiger partial charge in [-0.1, -0.05) is 11.6 Å². The number of pyridine rings is 1. The Labute approximate surface area is 116 Å². The van der Waals surface area contributed by atoms with Crippen LogP contribution in [0.25, 0.3) is 5.82 Å². The predicted octanol–water partition coefficient (Wildman–Crippen LogP) is 2.71. The molecule has 0 unspecified atom stereocenters. The summed E-state index contributed by atoms with van der Waals surface area (Å²) >= 11 is 6.21. The summed E-state index contributed by atoms with van der Waals surface area (Å²) in [6, 6.07) is 1.82. The Morgan fingerprint density at radius 1 is 1.47 bits per heavy atom. The van der Waals surface area contributed by atoms with E-state index in [0.29, 0.717) is 28.7 Å². The number of hydrogen-bond acceptors (Lipinski definition) is 4. The second-order valence-electron chi connectivity index (χ2n) is 4.04. The van der Waals surface area contributed by atoms with Crippen molar-refractivity contribution in [2.45, 2.75) is 20.8 Å². The fourth-order valence-corrected chi connectivity index (χ4v) is 1.90. The number of halogens is 1. The van der Waals surface area contributed by atoms with Crippen LogP contribution in [0.3, 0.4) is 0 Å². The van der Waals surface area contributed by atoms with Crippen LogP contribution in [-0.4, -0.2) is 27.3 Å². The van der Waals surface area contributed by atoms with Gasteiger partial charge in [0.05, 0.1) is 23.5 Å². The molecule has 0 saturated carbocycles. The Bertz CT molecular complexity index is 622. The quantitative estimate of drug-likeness (QED) is 0.811. The highest BCUT2D eigenvalue weighted by Crippen LogP contribution is 2.23. The summed E-state index contributed by atoms with van der Waals surface area (Å²) in [4.78, 5) is 15.9. The first kappa shape index (κ1) is 13.5. The van der Waals surface area contributed by atoms with Gasteiger partial charge >= 0.3 is 5.97 Å². The van der Waals surface area contributed by atoms with Crippen molar-refractivity contribution in [3.8, 4) is 5.82 Å². The highest BCUT2D eigenvalue weighted by Gasteiger charge is 2.18. The Hall–Kier alpha value is -1.88. The van der Waals surface area contributed by atoms with E-state index in [1.807, 2.05) is 13.0 Å². The third-order valence-corrected chi connectivity index (χ3v) is 3.24. The molecule has 2 heterocycles. The smallest absolute Gasteiger partial charge is 0.341 e. The standard InChI is InChI=1S/C13H14ClN3O2/c1-4-19-13(18)10-7-16-17(9(10)3)12-11(14)8(2)5-6-15-12/h5-7H,4H2,1-3H3. The number of rotatable bonds is 3. The first-order valence-corrected chi connectivity index (χ1v) is 6.27. The van der Waals surface area contributed by atoms with Crippen LogP contribution < -0.4 is 0 Å². The topological polar surface area (TPSA) is 57.0 Å². The van der Waals surface area contributed by atoms with Gasteiger partial charge in [-0.25, -0.2) is 14.5 Å². The van der Waals surface area contributed by atoms with Gasteiger partial charge in [0.1, 0.15) is 5.56 Å². The number of hydrogen-bond donors (Lipinski definition) is 0. The molecule has 2 rings (SSSR count). The van der Waals surface area contributed by atoms with Crippen LogP contribution in [0.15, 0.2) is 18.5 Å². The molecule has 2 aromatic rings. The minimum atomic E-state index is -0.393.